The first-order valence-electron chi connectivity index (χ1n) is 11.1. The van der Waals surface area contributed by atoms with Gasteiger partial charge in [0.2, 0.25) is 11.9 Å². The SMILES string of the molecule is COc1cccc(CNC(=O)Cn2c(N3CCN(c4ccccc4)CC3)nc(C)cc2=O)c1. The van der Waals surface area contributed by atoms with Crippen molar-refractivity contribution in [2.75, 3.05) is 43.1 Å². The van der Waals surface area contributed by atoms with Gasteiger partial charge in [0.05, 0.1) is 7.11 Å². The Morgan fingerprint density at radius 3 is 2.45 bits per heavy atom. The number of para-hydroxylation sites is 1. The van der Waals surface area contributed by atoms with E-state index in [-0.39, 0.29) is 18.0 Å². The Hall–Kier alpha value is -3.81. The molecule has 1 N–H and O–H groups in total. The summed E-state index contributed by atoms with van der Waals surface area (Å²) in [4.78, 5) is 34.5. The first-order chi connectivity index (χ1) is 16.0. The molecule has 1 saturated heterocycles. The number of hydrogen-bond donors (Lipinski definition) is 1. The number of aryl methyl sites for hydroxylation is 1. The molecule has 1 fully saturated rings. The zero-order valence-electron chi connectivity index (χ0n) is 19.0. The van der Waals surface area contributed by atoms with Crippen molar-refractivity contribution in [3.05, 3.63) is 82.3 Å². The molecular weight excluding hydrogens is 418 g/mol. The van der Waals surface area contributed by atoms with E-state index in [1.165, 1.54) is 16.3 Å². The quantitative estimate of drug-likeness (QED) is 0.598. The van der Waals surface area contributed by atoms with Gasteiger partial charge >= 0.3 is 0 Å². The van der Waals surface area contributed by atoms with Crippen LogP contribution < -0.4 is 25.4 Å². The van der Waals surface area contributed by atoms with Gasteiger partial charge in [0.1, 0.15) is 12.3 Å². The van der Waals surface area contributed by atoms with Gasteiger partial charge in [0, 0.05) is 50.2 Å². The molecule has 1 aliphatic rings. The third-order valence-corrected chi connectivity index (χ3v) is 5.73. The second-order valence-electron chi connectivity index (χ2n) is 8.06. The predicted molar refractivity (Wildman–Crippen MR) is 129 cm³/mol. The molecule has 0 bridgehead atoms. The van der Waals surface area contributed by atoms with Crippen molar-refractivity contribution in [2.45, 2.75) is 20.0 Å². The van der Waals surface area contributed by atoms with E-state index < -0.39 is 0 Å². The van der Waals surface area contributed by atoms with Crippen molar-refractivity contribution in [3.8, 4) is 5.75 Å². The Bertz CT molecular complexity index is 1150. The molecule has 33 heavy (non-hydrogen) atoms. The number of nitrogens with zero attached hydrogens (tertiary/aromatic N) is 4. The topological polar surface area (TPSA) is 79.7 Å². The highest BCUT2D eigenvalue weighted by Gasteiger charge is 2.22. The van der Waals surface area contributed by atoms with Crippen LogP contribution in [-0.4, -0.2) is 48.7 Å². The van der Waals surface area contributed by atoms with E-state index in [0.29, 0.717) is 18.2 Å². The zero-order chi connectivity index (χ0) is 23.2. The number of methoxy groups -OCH3 is 1. The maximum Gasteiger partial charge on any atom is 0.255 e. The summed E-state index contributed by atoms with van der Waals surface area (Å²) < 4.78 is 6.69. The van der Waals surface area contributed by atoms with Gasteiger partial charge in [0.25, 0.3) is 5.56 Å². The monoisotopic (exact) mass is 447 g/mol. The van der Waals surface area contributed by atoms with E-state index in [9.17, 15) is 9.59 Å². The smallest absolute Gasteiger partial charge is 0.255 e. The summed E-state index contributed by atoms with van der Waals surface area (Å²) in [5, 5.41) is 2.89. The van der Waals surface area contributed by atoms with Crippen LogP contribution in [0.3, 0.4) is 0 Å². The maximum atomic E-state index is 12.8. The molecule has 0 saturated carbocycles. The Labute approximate surface area is 193 Å². The summed E-state index contributed by atoms with van der Waals surface area (Å²) in [6, 6.07) is 19.3. The molecule has 1 aromatic heterocycles. The fourth-order valence-electron chi connectivity index (χ4n) is 3.98. The van der Waals surface area contributed by atoms with Gasteiger partial charge in [-0.25, -0.2) is 4.98 Å². The summed E-state index contributed by atoms with van der Waals surface area (Å²) in [7, 11) is 1.61. The number of carbonyl (C=O) groups excluding carboxylic acids is 1. The van der Waals surface area contributed by atoms with Crippen LogP contribution in [0.1, 0.15) is 11.3 Å². The summed E-state index contributed by atoms with van der Waals surface area (Å²) in [6.07, 6.45) is 0. The van der Waals surface area contributed by atoms with Crippen LogP contribution in [0.4, 0.5) is 11.6 Å². The highest BCUT2D eigenvalue weighted by atomic mass is 16.5. The largest absolute Gasteiger partial charge is 0.497 e. The van der Waals surface area contributed by atoms with Crippen molar-refractivity contribution in [2.24, 2.45) is 0 Å². The standard InChI is InChI=1S/C25H29N5O3/c1-19-15-24(32)30(18-23(31)26-17-20-7-6-10-22(16-20)33-2)25(27-19)29-13-11-28(12-14-29)21-8-4-3-5-9-21/h3-10,15-16H,11-14,17-18H2,1-2H3,(H,26,31). The average Bonchev–Trinajstić information content (AvgIpc) is 2.85. The van der Waals surface area contributed by atoms with Gasteiger partial charge in [-0.3, -0.25) is 14.2 Å². The lowest BCUT2D eigenvalue weighted by Crippen LogP contribution is -2.49. The molecule has 8 heteroatoms. The van der Waals surface area contributed by atoms with E-state index in [4.69, 9.17) is 4.74 Å². The second kappa shape index (κ2) is 10.2. The number of carbonyl (C=O) groups is 1. The first-order valence-corrected chi connectivity index (χ1v) is 11.1. The van der Waals surface area contributed by atoms with Gasteiger partial charge < -0.3 is 19.9 Å². The highest BCUT2D eigenvalue weighted by molar-refractivity contribution is 5.76. The van der Waals surface area contributed by atoms with E-state index in [0.717, 1.165) is 37.5 Å². The Morgan fingerprint density at radius 1 is 1.00 bits per heavy atom. The van der Waals surface area contributed by atoms with Gasteiger partial charge in [-0.2, -0.15) is 0 Å². The van der Waals surface area contributed by atoms with Crippen molar-refractivity contribution >= 4 is 17.5 Å². The van der Waals surface area contributed by atoms with E-state index in [2.05, 4.69) is 32.2 Å². The number of nitrogens with one attached hydrogen (secondary N) is 1. The Morgan fingerprint density at radius 2 is 1.73 bits per heavy atom. The molecule has 8 nitrogen and oxygen atoms in total. The van der Waals surface area contributed by atoms with Crippen LogP contribution in [0, 0.1) is 6.92 Å². The molecule has 0 radical (unpaired) electrons. The molecule has 3 aromatic rings. The summed E-state index contributed by atoms with van der Waals surface area (Å²) in [5.41, 5.74) is 2.53. The van der Waals surface area contributed by atoms with E-state index in [1.807, 2.05) is 42.5 Å². The van der Waals surface area contributed by atoms with E-state index in [1.54, 1.807) is 14.0 Å². The second-order valence-corrected chi connectivity index (χ2v) is 8.06. The van der Waals surface area contributed by atoms with Crippen LogP contribution in [0.15, 0.2) is 65.5 Å². The number of aromatic nitrogens is 2. The fourth-order valence-corrected chi connectivity index (χ4v) is 3.98. The van der Waals surface area contributed by atoms with Crippen LogP contribution >= 0.6 is 0 Å². The number of benzene rings is 2. The first kappa shape index (κ1) is 22.4. The summed E-state index contributed by atoms with van der Waals surface area (Å²) in [5.74, 6) is 1.04. The summed E-state index contributed by atoms with van der Waals surface area (Å²) >= 11 is 0. The lowest BCUT2D eigenvalue weighted by atomic mass is 10.2. The minimum atomic E-state index is -0.241. The van der Waals surface area contributed by atoms with Crippen LogP contribution in [0.2, 0.25) is 0 Å². The minimum Gasteiger partial charge on any atom is -0.497 e. The molecule has 0 atom stereocenters. The number of hydrogen-bond acceptors (Lipinski definition) is 6. The fraction of sp³-hybridized carbons (Fsp3) is 0.320. The minimum absolute atomic E-state index is 0.0791. The number of ether oxygens (including phenoxy) is 1. The van der Waals surface area contributed by atoms with Gasteiger partial charge in [0.15, 0.2) is 0 Å². The van der Waals surface area contributed by atoms with Crippen molar-refractivity contribution < 1.29 is 9.53 Å². The van der Waals surface area contributed by atoms with E-state index >= 15 is 0 Å². The molecule has 1 aliphatic heterocycles. The van der Waals surface area contributed by atoms with Gasteiger partial charge in [-0.05, 0) is 36.8 Å². The maximum absolute atomic E-state index is 12.8. The zero-order valence-corrected chi connectivity index (χ0v) is 19.0. The molecule has 2 heterocycles. The Balaban J connectivity index is 1.44. The highest BCUT2D eigenvalue weighted by Crippen LogP contribution is 2.19. The van der Waals surface area contributed by atoms with Crippen molar-refractivity contribution in [1.29, 1.82) is 0 Å². The number of piperazine rings is 1. The molecule has 0 spiro atoms. The summed E-state index contributed by atoms with van der Waals surface area (Å²) in [6.45, 7) is 5.15. The van der Waals surface area contributed by atoms with Crippen molar-refractivity contribution in [3.63, 3.8) is 0 Å². The predicted octanol–water partition coefficient (Wildman–Crippen LogP) is 2.20. The molecule has 2 aromatic carbocycles. The van der Waals surface area contributed by atoms with Gasteiger partial charge in [-0.15, -0.1) is 0 Å². The van der Waals surface area contributed by atoms with Crippen molar-refractivity contribution in [1.82, 2.24) is 14.9 Å². The number of rotatable bonds is 7. The molecule has 1 amide bonds. The third-order valence-electron chi connectivity index (χ3n) is 5.73. The van der Waals surface area contributed by atoms with Crippen LogP contribution in [-0.2, 0) is 17.9 Å². The molecule has 0 aliphatic carbocycles. The Kier molecular flexibility index (Phi) is 6.92. The average molecular weight is 448 g/mol. The lowest BCUT2D eigenvalue weighted by molar-refractivity contribution is -0.121. The molecule has 4 rings (SSSR count). The lowest BCUT2D eigenvalue weighted by Gasteiger charge is -2.37. The molecule has 172 valence electrons. The van der Waals surface area contributed by atoms with Gasteiger partial charge in [-0.1, -0.05) is 30.3 Å². The number of amides is 1. The number of anilines is 2. The van der Waals surface area contributed by atoms with Crippen LogP contribution in [0.25, 0.3) is 0 Å². The molecular formula is C25H29N5O3. The molecule has 0 unspecified atom stereocenters. The van der Waals surface area contributed by atoms with Crippen LogP contribution in [0.5, 0.6) is 5.75 Å². The third kappa shape index (κ3) is 5.52. The normalized spacial score (nSPS) is 13.6.